The van der Waals surface area contributed by atoms with E-state index in [-0.39, 0.29) is 0 Å². The molecule has 8 rings (SSSR count). The molecule has 28 nitrogen and oxygen atoms in total. The molecule has 4 aliphatic rings. The van der Waals surface area contributed by atoms with Crippen LogP contribution in [0.25, 0.3) is 11.1 Å². The Bertz CT molecular complexity index is 2950. The molecule has 0 amide bonds. The normalized spacial score (nSPS) is 24.9. The van der Waals surface area contributed by atoms with E-state index in [2.05, 4.69) is 0 Å². The maximum Gasteiger partial charge on any atom is 0.345 e. The molecule has 0 aromatic heterocycles. The Hall–Kier alpha value is -9.31. The lowest BCUT2D eigenvalue weighted by molar-refractivity contribution is -0.289. The fourth-order valence-corrected chi connectivity index (χ4v) is 8.17. The number of esters is 5. The second-order valence-electron chi connectivity index (χ2n) is 15.4. The zero-order valence-electron chi connectivity index (χ0n) is 33.8. The summed E-state index contributed by atoms with van der Waals surface area (Å²) < 4.78 is 38.8. The predicted octanol–water partition coefficient (Wildman–Crippen LogP) is -0.321. The molecule has 4 bridgehead atoms. The van der Waals surface area contributed by atoms with E-state index in [4.69, 9.17) is 33.2 Å². The van der Waals surface area contributed by atoms with E-state index in [1.165, 1.54) is 0 Å². The Morgan fingerprint density at radius 2 is 1.10 bits per heavy atom. The van der Waals surface area contributed by atoms with Gasteiger partial charge in [0.1, 0.15) is 12.7 Å². The van der Waals surface area contributed by atoms with Gasteiger partial charge in [-0.15, -0.1) is 0 Å². The van der Waals surface area contributed by atoms with E-state index in [9.17, 15) is 105 Å². The number of rotatable bonds is 5. The van der Waals surface area contributed by atoms with Crippen molar-refractivity contribution in [3.05, 3.63) is 58.1 Å². The first-order valence-electron chi connectivity index (χ1n) is 19.3. The molecule has 1 fully saturated rings. The first-order chi connectivity index (χ1) is 32.4. The van der Waals surface area contributed by atoms with Gasteiger partial charge in [-0.3, -0.25) is 4.79 Å². The number of carbonyl (C=O) groups excluding carboxylic acids is 5. The third kappa shape index (κ3) is 7.30. The minimum absolute atomic E-state index is 0.326. The third-order valence-corrected chi connectivity index (χ3v) is 11.3. The number of carboxylic acid groups (broad SMARTS) is 2. The highest BCUT2D eigenvalue weighted by molar-refractivity contribution is 6.08. The van der Waals surface area contributed by atoms with Crippen LogP contribution in [0, 0.1) is 0 Å². The average molecular weight is 971 g/mol. The van der Waals surface area contributed by atoms with Gasteiger partial charge in [0.2, 0.25) is 35.7 Å². The summed E-state index contributed by atoms with van der Waals surface area (Å²) in [6.45, 7) is -1.39. The van der Waals surface area contributed by atoms with Gasteiger partial charge in [0.05, 0.1) is 34.6 Å². The van der Waals surface area contributed by atoms with E-state index in [0.29, 0.717) is 30.3 Å². The molecule has 69 heavy (non-hydrogen) atoms. The summed E-state index contributed by atoms with van der Waals surface area (Å²) >= 11 is 0. The quantitative estimate of drug-likeness (QED) is 0.0692. The van der Waals surface area contributed by atoms with E-state index in [1.54, 1.807) is 0 Å². The van der Waals surface area contributed by atoms with Gasteiger partial charge < -0.3 is 105 Å². The number of phenols is 11. The lowest BCUT2D eigenvalue weighted by Crippen LogP contribution is -2.64. The highest BCUT2D eigenvalue weighted by atomic mass is 16.7. The summed E-state index contributed by atoms with van der Waals surface area (Å²) in [4.78, 5) is 96.7. The van der Waals surface area contributed by atoms with Gasteiger partial charge in [-0.05, 0) is 30.3 Å². The zero-order valence-corrected chi connectivity index (χ0v) is 33.8. The molecule has 1 saturated heterocycles. The Kier molecular flexibility index (Phi) is 10.9. The summed E-state index contributed by atoms with van der Waals surface area (Å²) in [7, 11) is 0. The highest BCUT2D eigenvalue weighted by Crippen LogP contribution is 2.56. The van der Waals surface area contributed by atoms with Crippen LogP contribution in [0.5, 0.6) is 69.0 Å². The topological polar surface area (TPSA) is 467 Å². The number of fused-ring (bicyclic) bond motifs is 3. The Morgan fingerprint density at radius 3 is 1.67 bits per heavy atom. The molecule has 0 saturated carbocycles. The molecule has 14 N–H and O–H groups in total. The van der Waals surface area contributed by atoms with Crippen LogP contribution in [0.4, 0.5) is 0 Å². The SMILES string of the molecule is O=C(O)CC1(O)C(=O)OC2C3COC(=O)c4cc(O)c(O)c(O)c4-c4c(cc(O)c(O)c4O)C(=O)OC2C(OC(=O)c2cc(O)c(O)c4c2C1C(C(=O)O)O4)C(OC(=O)c1cc(O)c(O)c(O)c1)O3. The van der Waals surface area contributed by atoms with Crippen LogP contribution < -0.4 is 4.74 Å². The highest BCUT2D eigenvalue weighted by Gasteiger charge is 2.63. The van der Waals surface area contributed by atoms with Crippen molar-refractivity contribution in [2.24, 2.45) is 0 Å². The largest absolute Gasteiger partial charge is 0.504 e. The molecule has 28 heteroatoms. The number of carbonyl (C=O) groups is 7. The number of phenolic OH excluding ortho intramolecular Hbond substituents is 11. The van der Waals surface area contributed by atoms with E-state index in [0.717, 1.165) is 0 Å². The molecule has 4 aromatic carbocycles. The zero-order chi connectivity index (χ0) is 50.5. The Balaban J connectivity index is 1.40. The molecule has 4 aliphatic heterocycles. The number of aromatic hydroxyl groups is 11. The molecule has 0 spiro atoms. The molecule has 4 aromatic rings. The van der Waals surface area contributed by atoms with Gasteiger partial charge in [-0.1, -0.05) is 0 Å². The van der Waals surface area contributed by atoms with Crippen LogP contribution in [-0.4, -0.2) is 162 Å². The Morgan fingerprint density at radius 1 is 0.594 bits per heavy atom. The minimum atomic E-state index is -3.77. The van der Waals surface area contributed by atoms with Gasteiger partial charge >= 0.3 is 41.8 Å². The monoisotopic (exact) mass is 970 g/mol. The van der Waals surface area contributed by atoms with Gasteiger partial charge in [-0.25, -0.2) is 28.8 Å². The Labute approximate surface area is 379 Å². The van der Waals surface area contributed by atoms with Gasteiger partial charge in [0.15, 0.2) is 69.6 Å². The van der Waals surface area contributed by atoms with Crippen molar-refractivity contribution < 1.29 is 138 Å². The number of hydrogen-bond donors (Lipinski definition) is 14. The van der Waals surface area contributed by atoms with E-state index in [1.807, 2.05) is 0 Å². The molecule has 8 atom stereocenters. The second kappa shape index (κ2) is 16.2. The maximum absolute atomic E-state index is 14.6. The van der Waals surface area contributed by atoms with Crippen LogP contribution in [0.2, 0.25) is 0 Å². The predicted molar refractivity (Wildman–Crippen MR) is 208 cm³/mol. The molecule has 362 valence electrons. The number of carboxylic acids is 2. The molecule has 0 radical (unpaired) electrons. The van der Waals surface area contributed by atoms with Crippen LogP contribution in [0.3, 0.4) is 0 Å². The van der Waals surface area contributed by atoms with Crippen molar-refractivity contribution in [2.75, 3.05) is 6.61 Å². The molecule has 8 unspecified atom stereocenters. The van der Waals surface area contributed by atoms with Crippen LogP contribution >= 0.6 is 0 Å². The number of ether oxygens (including phenoxy) is 7. The third-order valence-electron chi connectivity index (χ3n) is 11.3. The van der Waals surface area contributed by atoms with Crippen molar-refractivity contribution in [1.29, 1.82) is 0 Å². The fourth-order valence-electron chi connectivity index (χ4n) is 8.17. The van der Waals surface area contributed by atoms with Crippen LogP contribution in [0.15, 0.2) is 30.3 Å². The average Bonchev–Trinajstić information content (AvgIpc) is 3.70. The summed E-state index contributed by atoms with van der Waals surface area (Å²) in [5, 5.41) is 149. The summed E-state index contributed by atoms with van der Waals surface area (Å²) in [5.74, 6) is -31.7. The van der Waals surface area contributed by atoms with Crippen molar-refractivity contribution in [3.8, 4) is 80.1 Å². The minimum Gasteiger partial charge on any atom is -0.504 e. The van der Waals surface area contributed by atoms with Gasteiger partial charge in [0, 0.05) is 16.7 Å². The number of aliphatic hydroxyl groups is 1. The van der Waals surface area contributed by atoms with Crippen LogP contribution in [-0.2, 0) is 42.8 Å². The molecule has 4 heterocycles. The fraction of sp³-hybridized carbons (Fsp3) is 0.244. The maximum atomic E-state index is 14.6. The lowest BCUT2D eigenvalue weighted by atomic mass is 9.75. The van der Waals surface area contributed by atoms with Crippen molar-refractivity contribution in [3.63, 3.8) is 0 Å². The van der Waals surface area contributed by atoms with E-state index >= 15 is 0 Å². The first-order valence-corrected chi connectivity index (χ1v) is 19.3. The number of benzene rings is 4. The number of hydrogen-bond acceptors (Lipinski definition) is 26. The van der Waals surface area contributed by atoms with Gasteiger partial charge in [-0.2, -0.15) is 0 Å². The summed E-state index contributed by atoms with van der Waals surface area (Å²) in [6, 6.07) is 2.17. The van der Waals surface area contributed by atoms with Crippen molar-refractivity contribution in [2.45, 2.75) is 54.7 Å². The lowest BCUT2D eigenvalue weighted by Gasteiger charge is -2.44. The number of cyclic esters (lactones) is 1. The standard InChI is InChI=1S/C41H30O28/c42-12-1-8(2-13(43)23(12)49)35(57)69-39-33-32-29(68-40(61)41(62,6-18(47)48)22-21-11(38(60)67-33)5-16(46)26(52)30(21)65-31(22)34(55)56)17(64-39)7-63-36(58)9-3-14(44)24(50)27(53)19(9)20-10(37(59)66-32)4-15(45)25(51)28(20)54/h1-5,17,22,29,31-33,39,42-46,49-54,62H,6-7H2,(H,47,48)(H,55,56). The van der Waals surface area contributed by atoms with Crippen LogP contribution in [0.1, 0.15) is 59.3 Å². The summed E-state index contributed by atoms with van der Waals surface area (Å²) in [6.07, 6.45) is -17.3. The first kappa shape index (κ1) is 46.2. The van der Waals surface area contributed by atoms with Crippen molar-refractivity contribution >= 4 is 41.8 Å². The number of aliphatic carboxylic acids is 2. The smallest absolute Gasteiger partial charge is 0.345 e. The van der Waals surface area contributed by atoms with Crippen molar-refractivity contribution in [1.82, 2.24) is 0 Å². The summed E-state index contributed by atoms with van der Waals surface area (Å²) in [5.41, 5.74) is -11.3. The molecular weight excluding hydrogens is 940 g/mol. The second-order valence-corrected chi connectivity index (χ2v) is 15.4. The molecule has 0 aliphatic carbocycles. The molecular formula is C41H30O28. The van der Waals surface area contributed by atoms with E-state index < -0.39 is 211 Å². The van der Waals surface area contributed by atoms with Gasteiger partial charge in [0.25, 0.3) is 0 Å².